The monoisotopic (exact) mass is 526 g/mol. The van der Waals surface area contributed by atoms with E-state index in [1.807, 2.05) is 31.2 Å². The third-order valence-corrected chi connectivity index (χ3v) is 4.82. The number of hydrogen-bond acceptors (Lipinski definition) is 6. The van der Waals surface area contributed by atoms with Crippen LogP contribution in [0.4, 0.5) is 17.2 Å². The van der Waals surface area contributed by atoms with Gasteiger partial charge in [-0.05, 0) is 53.8 Å². The zero-order valence-electron chi connectivity index (χ0n) is 15.7. The van der Waals surface area contributed by atoms with Gasteiger partial charge >= 0.3 is 0 Å². The number of benzene rings is 2. The van der Waals surface area contributed by atoms with Crippen molar-refractivity contribution in [2.45, 2.75) is 6.92 Å². The Kier molecular flexibility index (Phi) is 7.84. The molecule has 9 heteroatoms. The normalized spacial score (nSPS) is 10.7. The van der Waals surface area contributed by atoms with Crippen molar-refractivity contribution in [3.05, 3.63) is 46.3 Å². The molecule has 0 saturated carbocycles. The fourth-order valence-corrected chi connectivity index (χ4v) is 3.25. The molecule has 0 atom stereocenters. The summed E-state index contributed by atoms with van der Waals surface area (Å²) in [6.45, 7) is 3.32. The van der Waals surface area contributed by atoms with E-state index >= 15 is 0 Å². The number of aromatic nitrogens is 2. The third kappa shape index (κ3) is 5.91. The van der Waals surface area contributed by atoms with Crippen molar-refractivity contribution in [2.75, 3.05) is 36.3 Å². The summed E-state index contributed by atoms with van der Waals surface area (Å²) in [5.41, 5.74) is 2.09. The van der Waals surface area contributed by atoms with Crippen LogP contribution in [0.2, 0.25) is 0 Å². The number of nitrogens with zero attached hydrogens (tertiary/aromatic N) is 2. The molecule has 0 saturated heterocycles. The van der Waals surface area contributed by atoms with Gasteiger partial charge < -0.3 is 20.1 Å². The van der Waals surface area contributed by atoms with Crippen LogP contribution in [0, 0.1) is 3.57 Å². The number of nitrogens with one attached hydrogen (secondary N) is 2. The first-order valence-corrected chi connectivity index (χ1v) is 10.6. The average Bonchev–Trinajstić information content (AvgIpc) is 2.71. The molecule has 1 heterocycles. The summed E-state index contributed by atoms with van der Waals surface area (Å²) in [5.74, 6) is 0.633. The Balaban J connectivity index is 1.97. The van der Waals surface area contributed by atoms with Gasteiger partial charge in [0, 0.05) is 27.3 Å². The van der Waals surface area contributed by atoms with E-state index in [1.54, 1.807) is 12.1 Å². The van der Waals surface area contributed by atoms with Crippen molar-refractivity contribution < 1.29 is 14.3 Å². The van der Waals surface area contributed by atoms with Crippen LogP contribution in [0.25, 0.3) is 10.9 Å². The highest BCUT2D eigenvalue weighted by Crippen LogP contribution is 2.33. The van der Waals surface area contributed by atoms with E-state index in [4.69, 9.17) is 21.1 Å². The van der Waals surface area contributed by atoms with E-state index in [0.717, 1.165) is 14.6 Å². The minimum Gasteiger partial charge on any atom is -0.489 e. The summed E-state index contributed by atoms with van der Waals surface area (Å²) in [6, 6.07) is 11.5. The van der Waals surface area contributed by atoms with Crippen LogP contribution in [0.5, 0.6) is 5.75 Å². The second-order valence-corrected chi connectivity index (χ2v) is 7.46. The van der Waals surface area contributed by atoms with Crippen LogP contribution in [0.1, 0.15) is 6.92 Å². The predicted octanol–water partition coefficient (Wildman–Crippen LogP) is 4.57. The van der Waals surface area contributed by atoms with Crippen LogP contribution >= 0.6 is 34.2 Å². The minimum absolute atomic E-state index is 0.157. The van der Waals surface area contributed by atoms with Crippen LogP contribution in [0.15, 0.2) is 42.7 Å². The summed E-state index contributed by atoms with van der Waals surface area (Å²) in [5, 5.41) is 6.82. The summed E-state index contributed by atoms with van der Waals surface area (Å²) < 4.78 is 12.2. The lowest BCUT2D eigenvalue weighted by Gasteiger charge is -2.15. The maximum absolute atomic E-state index is 11.9. The molecule has 0 bridgehead atoms. The summed E-state index contributed by atoms with van der Waals surface area (Å²) in [4.78, 5) is 20.6. The molecule has 1 amide bonds. The Morgan fingerprint density at radius 3 is 2.83 bits per heavy atom. The first-order chi connectivity index (χ1) is 14.1. The first kappa shape index (κ1) is 21.5. The van der Waals surface area contributed by atoms with Crippen LogP contribution in [-0.2, 0) is 9.53 Å². The van der Waals surface area contributed by atoms with Crippen molar-refractivity contribution in [3.8, 4) is 5.75 Å². The van der Waals surface area contributed by atoms with Crippen molar-refractivity contribution in [1.82, 2.24) is 9.97 Å². The van der Waals surface area contributed by atoms with Gasteiger partial charge in [0.2, 0.25) is 5.91 Å². The molecule has 0 aliphatic rings. The molecule has 0 aliphatic heterocycles. The van der Waals surface area contributed by atoms with Crippen molar-refractivity contribution in [3.63, 3.8) is 0 Å². The Hall–Kier alpha value is -2.17. The highest BCUT2D eigenvalue weighted by Gasteiger charge is 2.13. The maximum atomic E-state index is 11.9. The molecule has 2 N–H and O–H groups in total. The minimum atomic E-state index is -0.329. The molecular formula is C20H20ClIN4O3. The van der Waals surface area contributed by atoms with E-state index in [-0.39, 0.29) is 11.8 Å². The smallest absolute Gasteiger partial charge is 0.239 e. The van der Waals surface area contributed by atoms with Crippen molar-refractivity contribution in [2.24, 2.45) is 0 Å². The summed E-state index contributed by atoms with van der Waals surface area (Å²) >= 11 is 7.91. The standard InChI is InChI=1S/C20H20ClIN4O3/c1-2-28-6-7-29-18-10-16-15(9-17(18)26-19(27)11-21)20(24-12-23-16)25-14-5-3-4-13(22)8-14/h3-5,8-10,12H,2,6-7,11H2,1H3,(H,26,27)(H,23,24,25). The molecule has 152 valence electrons. The fraction of sp³-hybridized carbons (Fsp3) is 0.250. The molecule has 29 heavy (non-hydrogen) atoms. The number of carbonyl (C=O) groups is 1. The molecule has 0 aliphatic carbocycles. The third-order valence-electron chi connectivity index (χ3n) is 3.91. The van der Waals surface area contributed by atoms with Gasteiger partial charge in [0.05, 0.1) is 17.8 Å². The highest BCUT2D eigenvalue weighted by molar-refractivity contribution is 14.1. The molecule has 0 spiro atoms. The quantitative estimate of drug-likeness (QED) is 0.241. The van der Waals surface area contributed by atoms with Gasteiger partial charge in [-0.15, -0.1) is 11.6 Å². The molecule has 0 radical (unpaired) electrons. The second-order valence-electron chi connectivity index (χ2n) is 5.95. The molecular weight excluding hydrogens is 507 g/mol. The molecule has 3 aromatic rings. The number of ether oxygens (including phenoxy) is 2. The van der Waals surface area contributed by atoms with Gasteiger partial charge in [-0.3, -0.25) is 4.79 Å². The molecule has 0 unspecified atom stereocenters. The van der Waals surface area contributed by atoms with E-state index in [2.05, 4.69) is 43.2 Å². The highest BCUT2D eigenvalue weighted by atomic mass is 127. The number of rotatable bonds is 9. The summed E-state index contributed by atoms with van der Waals surface area (Å²) in [6.07, 6.45) is 1.49. The topological polar surface area (TPSA) is 85.4 Å². The lowest BCUT2D eigenvalue weighted by molar-refractivity contribution is -0.113. The van der Waals surface area contributed by atoms with Gasteiger partial charge in [0.15, 0.2) is 0 Å². The average molecular weight is 527 g/mol. The zero-order chi connectivity index (χ0) is 20.6. The number of carbonyl (C=O) groups excluding carboxylic acids is 1. The maximum Gasteiger partial charge on any atom is 0.239 e. The zero-order valence-corrected chi connectivity index (χ0v) is 18.7. The van der Waals surface area contributed by atoms with Gasteiger partial charge in [-0.1, -0.05) is 6.07 Å². The van der Waals surface area contributed by atoms with Gasteiger partial charge in [0.1, 0.15) is 30.4 Å². The van der Waals surface area contributed by atoms with Crippen LogP contribution in [0.3, 0.4) is 0 Å². The van der Waals surface area contributed by atoms with Crippen LogP contribution < -0.4 is 15.4 Å². The van der Waals surface area contributed by atoms with Gasteiger partial charge in [-0.25, -0.2) is 9.97 Å². The predicted molar refractivity (Wildman–Crippen MR) is 123 cm³/mol. The lowest BCUT2D eigenvalue weighted by Crippen LogP contribution is -2.15. The second kappa shape index (κ2) is 10.6. The number of alkyl halides is 1. The number of amides is 1. The SMILES string of the molecule is CCOCCOc1cc2ncnc(Nc3cccc(I)c3)c2cc1NC(=O)CCl. The molecule has 0 fully saturated rings. The number of halogens is 2. The Bertz CT molecular complexity index is 1000. The van der Waals surface area contributed by atoms with E-state index in [9.17, 15) is 4.79 Å². The lowest BCUT2D eigenvalue weighted by atomic mass is 10.2. The van der Waals surface area contributed by atoms with Gasteiger partial charge in [-0.2, -0.15) is 0 Å². The van der Waals surface area contributed by atoms with E-state index < -0.39 is 0 Å². The molecule has 3 rings (SSSR count). The number of hydrogen-bond donors (Lipinski definition) is 2. The number of anilines is 3. The van der Waals surface area contributed by atoms with Crippen molar-refractivity contribution >= 4 is 68.2 Å². The van der Waals surface area contributed by atoms with Crippen molar-refractivity contribution in [1.29, 1.82) is 0 Å². The van der Waals surface area contributed by atoms with E-state index in [1.165, 1.54) is 6.33 Å². The largest absolute Gasteiger partial charge is 0.489 e. The number of fused-ring (bicyclic) bond motifs is 1. The van der Waals surface area contributed by atoms with Gasteiger partial charge in [0.25, 0.3) is 0 Å². The Morgan fingerprint density at radius 2 is 2.07 bits per heavy atom. The molecule has 2 aromatic carbocycles. The van der Waals surface area contributed by atoms with Crippen LogP contribution in [-0.4, -0.2) is 41.6 Å². The summed E-state index contributed by atoms with van der Waals surface area (Å²) in [7, 11) is 0. The Morgan fingerprint density at radius 1 is 1.21 bits per heavy atom. The molecule has 1 aromatic heterocycles. The molecule has 7 nitrogen and oxygen atoms in total. The fourth-order valence-electron chi connectivity index (χ4n) is 2.64. The van der Waals surface area contributed by atoms with E-state index in [0.29, 0.717) is 42.6 Å². The Labute approximate surface area is 187 Å². The first-order valence-electron chi connectivity index (χ1n) is 8.98.